The van der Waals surface area contributed by atoms with E-state index in [1.54, 1.807) is 42.5 Å². The number of H-pyrrole nitrogens is 1. The maximum absolute atomic E-state index is 12.9. The van der Waals surface area contributed by atoms with Gasteiger partial charge in [-0.25, -0.2) is 18.0 Å². The van der Waals surface area contributed by atoms with Crippen molar-refractivity contribution in [1.29, 1.82) is 0 Å². The molecule has 9 nitrogen and oxygen atoms in total. The van der Waals surface area contributed by atoms with Gasteiger partial charge >= 0.3 is 11.7 Å². The summed E-state index contributed by atoms with van der Waals surface area (Å²) >= 11 is 5.94. The number of nitrogens with one attached hydrogen (secondary N) is 1. The van der Waals surface area contributed by atoms with Gasteiger partial charge < -0.3 is 10.1 Å². The van der Waals surface area contributed by atoms with Crippen LogP contribution in [0.15, 0.2) is 76.3 Å². The minimum Gasteiger partial charge on any atom is -0.480 e. The third-order valence-corrected chi connectivity index (χ3v) is 7.42. The Morgan fingerprint density at radius 3 is 2.19 bits per heavy atom. The number of anilines is 1. The highest BCUT2D eigenvalue weighted by Gasteiger charge is 2.33. The number of carboxylic acids is 1. The molecule has 1 unspecified atom stereocenters. The number of carboxylic acid groups (broad SMARTS) is 1. The Bertz CT molecular complexity index is 1690. The summed E-state index contributed by atoms with van der Waals surface area (Å²) in [7, 11) is -4.05. The van der Waals surface area contributed by atoms with Crippen LogP contribution in [-0.2, 0) is 21.4 Å². The molecule has 0 bridgehead atoms. The number of aromatic nitrogens is 2. The lowest BCUT2D eigenvalue weighted by molar-refractivity contribution is -0.138. The topological polar surface area (TPSA) is 130 Å². The van der Waals surface area contributed by atoms with Crippen LogP contribution >= 0.6 is 11.6 Å². The van der Waals surface area contributed by atoms with E-state index >= 15 is 0 Å². The molecule has 2 N–H and O–H groups in total. The number of rotatable bonds is 8. The average Bonchev–Trinajstić information content (AvgIpc) is 2.82. The predicted octanol–water partition coefficient (Wildman–Crippen LogP) is 3.63. The molecule has 192 valence electrons. The van der Waals surface area contributed by atoms with Gasteiger partial charge in [0, 0.05) is 11.6 Å². The quantitative estimate of drug-likeness (QED) is 0.350. The third kappa shape index (κ3) is 5.60. The Morgan fingerprint density at radius 1 is 1.03 bits per heavy atom. The number of aromatic amines is 1. The zero-order chi connectivity index (χ0) is 26.9. The van der Waals surface area contributed by atoms with Crippen molar-refractivity contribution in [2.75, 3.05) is 10.6 Å². The van der Waals surface area contributed by atoms with E-state index in [2.05, 4.69) is 4.98 Å². The Hall–Kier alpha value is -3.89. The van der Waals surface area contributed by atoms with Crippen LogP contribution in [0.1, 0.15) is 12.0 Å². The number of sulfonamides is 1. The summed E-state index contributed by atoms with van der Waals surface area (Å²) < 4.78 is 27.2. The van der Waals surface area contributed by atoms with Gasteiger partial charge in [0.05, 0.1) is 22.8 Å². The lowest BCUT2D eigenvalue weighted by Crippen LogP contribution is -2.46. The number of fused-ring (bicyclic) bond motifs is 1. The lowest BCUT2D eigenvalue weighted by atomic mass is 10.1. The monoisotopic (exact) mass is 541 g/mol. The molecule has 0 saturated heterocycles. The summed E-state index contributed by atoms with van der Waals surface area (Å²) in [4.78, 5) is 40.4. The summed E-state index contributed by atoms with van der Waals surface area (Å²) in [6.45, 7) is 1.52. The van der Waals surface area contributed by atoms with Gasteiger partial charge in [0.25, 0.3) is 5.56 Å². The summed E-state index contributed by atoms with van der Waals surface area (Å²) in [6.07, 6.45) is 0.592. The molecule has 0 spiro atoms. The van der Waals surface area contributed by atoms with E-state index in [-0.39, 0.29) is 24.0 Å². The van der Waals surface area contributed by atoms with Crippen molar-refractivity contribution in [3.8, 4) is 11.1 Å². The standard InChI is InChI=1S/C26H24ClN3O6S/c1-16-3-12-21-22(15-16)28-26(34)29(24(21)31)14-13-23(25(32)33)30(37(2,35)36)20-10-6-18(7-11-20)17-4-8-19(27)9-5-17/h3-12,15,23H,13-14H2,1-2H3,(H,28,34)(H,32,33). The van der Waals surface area contributed by atoms with E-state index in [0.29, 0.717) is 10.5 Å². The van der Waals surface area contributed by atoms with E-state index in [1.807, 2.05) is 19.1 Å². The summed E-state index contributed by atoms with van der Waals surface area (Å²) in [5.41, 5.74) is 1.72. The fourth-order valence-corrected chi connectivity index (χ4v) is 5.50. The normalized spacial score (nSPS) is 12.4. The van der Waals surface area contributed by atoms with Crippen molar-refractivity contribution in [1.82, 2.24) is 9.55 Å². The van der Waals surface area contributed by atoms with Gasteiger partial charge in [0.1, 0.15) is 6.04 Å². The minimum absolute atomic E-state index is 0.142. The molecule has 37 heavy (non-hydrogen) atoms. The smallest absolute Gasteiger partial charge is 0.328 e. The van der Waals surface area contributed by atoms with Crippen LogP contribution < -0.4 is 15.6 Å². The average molecular weight is 542 g/mol. The van der Waals surface area contributed by atoms with Crippen molar-refractivity contribution < 1.29 is 18.3 Å². The Balaban J connectivity index is 1.67. The molecule has 3 aromatic carbocycles. The number of hydrogen-bond acceptors (Lipinski definition) is 5. The van der Waals surface area contributed by atoms with Crippen molar-refractivity contribution in [2.45, 2.75) is 25.9 Å². The first-order valence-electron chi connectivity index (χ1n) is 11.3. The van der Waals surface area contributed by atoms with Gasteiger partial charge in [-0.2, -0.15) is 0 Å². The maximum atomic E-state index is 12.9. The highest BCUT2D eigenvalue weighted by Crippen LogP contribution is 2.28. The van der Waals surface area contributed by atoms with Crippen LogP contribution in [0.25, 0.3) is 22.0 Å². The molecule has 0 radical (unpaired) electrons. The minimum atomic E-state index is -4.05. The van der Waals surface area contributed by atoms with Gasteiger partial charge in [-0.15, -0.1) is 0 Å². The van der Waals surface area contributed by atoms with Crippen LogP contribution in [-0.4, -0.2) is 41.3 Å². The predicted molar refractivity (Wildman–Crippen MR) is 144 cm³/mol. The van der Waals surface area contributed by atoms with Gasteiger partial charge in [0.15, 0.2) is 0 Å². The second-order valence-corrected chi connectivity index (χ2v) is 11.0. The molecule has 11 heteroatoms. The lowest BCUT2D eigenvalue weighted by Gasteiger charge is -2.29. The first-order valence-corrected chi connectivity index (χ1v) is 13.5. The van der Waals surface area contributed by atoms with E-state index in [1.165, 1.54) is 12.1 Å². The number of halogens is 1. The molecular formula is C26H24ClN3O6S. The number of nitrogens with zero attached hydrogens (tertiary/aromatic N) is 2. The zero-order valence-corrected chi connectivity index (χ0v) is 21.6. The van der Waals surface area contributed by atoms with Gasteiger partial charge in [-0.05, 0) is 66.4 Å². The van der Waals surface area contributed by atoms with E-state index < -0.39 is 33.3 Å². The first-order chi connectivity index (χ1) is 17.5. The highest BCUT2D eigenvalue weighted by atomic mass is 35.5. The molecule has 0 aliphatic carbocycles. The van der Waals surface area contributed by atoms with Gasteiger partial charge in [-0.3, -0.25) is 13.7 Å². The molecule has 1 aromatic heterocycles. The molecule has 4 rings (SSSR count). The molecular weight excluding hydrogens is 518 g/mol. The molecule has 0 fully saturated rings. The fourth-order valence-electron chi connectivity index (χ4n) is 4.21. The van der Waals surface area contributed by atoms with Crippen molar-refractivity contribution in [2.24, 2.45) is 0 Å². The second-order valence-electron chi connectivity index (χ2n) is 8.69. The molecule has 1 atom stereocenters. The third-order valence-electron chi connectivity index (χ3n) is 5.99. The molecule has 0 aliphatic rings. The van der Waals surface area contributed by atoms with Crippen LogP contribution in [0.3, 0.4) is 0 Å². The number of hydrogen-bond donors (Lipinski definition) is 2. The maximum Gasteiger partial charge on any atom is 0.328 e. The van der Waals surface area contributed by atoms with Crippen LogP contribution in [0.4, 0.5) is 5.69 Å². The number of benzene rings is 3. The van der Waals surface area contributed by atoms with E-state index in [0.717, 1.165) is 31.8 Å². The van der Waals surface area contributed by atoms with Crippen molar-refractivity contribution in [3.63, 3.8) is 0 Å². The summed E-state index contributed by atoms with van der Waals surface area (Å²) in [5.74, 6) is -1.41. The highest BCUT2D eigenvalue weighted by molar-refractivity contribution is 7.92. The molecule has 4 aromatic rings. The molecule has 0 aliphatic heterocycles. The van der Waals surface area contributed by atoms with Gasteiger partial charge in [-0.1, -0.05) is 41.9 Å². The van der Waals surface area contributed by atoms with E-state index in [9.17, 15) is 27.9 Å². The Kier molecular flexibility index (Phi) is 7.24. The number of aryl methyl sites for hydroxylation is 1. The molecule has 0 amide bonds. The van der Waals surface area contributed by atoms with Crippen molar-refractivity contribution >= 4 is 44.2 Å². The van der Waals surface area contributed by atoms with E-state index in [4.69, 9.17) is 11.6 Å². The summed E-state index contributed by atoms with van der Waals surface area (Å²) in [5, 5.41) is 10.8. The Morgan fingerprint density at radius 2 is 1.62 bits per heavy atom. The largest absolute Gasteiger partial charge is 0.480 e. The molecule has 0 saturated carbocycles. The summed E-state index contributed by atoms with van der Waals surface area (Å²) in [6, 6.07) is 16.9. The van der Waals surface area contributed by atoms with Crippen LogP contribution in [0.5, 0.6) is 0 Å². The van der Waals surface area contributed by atoms with Crippen molar-refractivity contribution in [3.05, 3.63) is 98.2 Å². The second kappa shape index (κ2) is 10.2. The van der Waals surface area contributed by atoms with Crippen LogP contribution in [0, 0.1) is 6.92 Å². The molecule has 1 heterocycles. The number of aliphatic carboxylic acids is 1. The zero-order valence-electron chi connectivity index (χ0n) is 20.0. The van der Waals surface area contributed by atoms with Crippen LogP contribution in [0.2, 0.25) is 5.02 Å². The SMILES string of the molecule is Cc1ccc2c(=O)n(CCC(C(=O)O)N(c3ccc(-c4ccc(Cl)cc4)cc3)S(C)(=O)=O)c(=O)[nH]c2c1. The Labute approximate surface area is 217 Å². The number of carbonyl (C=O) groups is 1. The fraction of sp³-hybridized carbons (Fsp3) is 0.192. The van der Waals surface area contributed by atoms with Gasteiger partial charge in [0.2, 0.25) is 10.0 Å². The first kappa shape index (κ1) is 26.2.